The molecule has 100 valence electrons. The molecule has 0 aliphatic carbocycles. The molecule has 0 bridgehead atoms. The maximum atomic E-state index is 7.39. The van der Waals surface area contributed by atoms with Crippen LogP contribution in [0.5, 0.6) is 0 Å². The number of hydrogen-bond donors (Lipinski definition) is 1. The van der Waals surface area contributed by atoms with E-state index in [1.54, 1.807) is 0 Å². The second kappa shape index (κ2) is 5.55. The zero-order valence-corrected chi connectivity index (χ0v) is 11.0. The standard InChI is InChI=1S/C15H19N3O/c16-5-6-18-14(12-17-7-9-19-10-8-17)11-13-3-1-2-4-15(13)18/h1-5,11,16H,6-10,12H2. The third kappa shape index (κ3) is 2.55. The van der Waals surface area contributed by atoms with Crippen LogP contribution in [0.3, 0.4) is 0 Å². The molecule has 1 aromatic heterocycles. The van der Waals surface area contributed by atoms with Crippen LogP contribution in [-0.4, -0.2) is 42.0 Å². The highest BCUT2D eigenvalue weighted by Crippen LogP contribution is 2.21. The Morgan fingerprint density at radius 3 is 2.79 bits per heavy atom. The highest BCUT2D eigenvalue weighted by atomic mass is 16.5. The van der Waals surface area contributed by atoms with Crippen molar-refractivity contribution in [3.05, 3.63) is 36.0 Å². The molecule has 4 heteroatoms. The number of fused-ring (bicyclic) bond motifs is 1. The van der Waals surface area contributed by atoms with Gasteiger partial charge in [0.25, 0.3) is 0 Å². The zero-order chi connectivity index (χ0) is 13.1. The van der Waals surface area contributed by atoms with Crippen LogP contribution in [0.15, 0.2) is 30.3 Å². The predicted molar refractivity (Wildman–Crippen MR) is 76.8 cm³/mol. The van der Waals surface area contributed by atoms with Crippen molar-refractivity contribution in [1.29, 1.82) is 5.41 Å². The van der Waals surface area contributed by atoms with Gasteiger partial charge in [-0.2, -0.15) is 0 Å². The number of rotatable bonds is 4. The lowest BCUT2D eigenvalue weighted by atomic mass is 10.2. The van der Waals surface area contributed by atoms with Gasteiger partial charge in [-0.3, -0.25) is 4.90 Å². The lowest BCUT2D eigenvalue weighted by Crippen LogP contribution is -2.36. The fourth-order valence-corrected chi connectivity index (χ4v) is 2.69. The van der Waals surface area contributed by atoms with Crippen LogP contribution in [0, 0.1) is 5.41 Å². The molecule has 3 rings (SSSR count). The Bertz CT molecular complexity index is 570. The molecule has 4 nitrogen and oxygen atoms in total. The second-order valence-electron chi connectivity index (χ2n) is 4.90. The number of ether oxygens (including phenoxy) is 1. The molecule has 0 saturated carbocycles. The van der Waals surface area contributed by atoms with E-state index in [-0.39, 0.29) is 0 Å². The molecule has 0 unspecified atom stereocenters. The summed E-state index contributed by atoms with van der Waals surface area (Å²) in [6, 6.07) is 10.6. The van der Waals surface area contributed by atoms with Crippen molar-refractivity contribution in [1.82, 2.24) is 9.47 Å². The van der Waals surface area contributed by atoms with Crippen LogP contribution < -0.4 is 0 Å². The van der Waals surface area contributed by atoms with Crippen molar-refractivity contribution in [3.8, 4) is 0 Å². The Labute approximate surface area is 113 Å². The second-order valence-corrected chi connectivity index (χ2v) is 4.90. The molecule has 1 fully saturated rings. The van der Waals surface area contributed by atoms with Crippen LogP contribution in [0.1, 0.15) is 5.69 Å². The fraction of sp³-hybridized carbons (Fsp3) is 0.400. The first-order valence-electron chi connectivity index (χ1n) is 6.74. The Morgan fingerprint density at radius 2 is 2.00 bits per heavy atom. The molecular weight excluding hydrogens is 238 g/mol. The molecule has 0 amide bonds. The van der Waals surface area contributed by atoms with Crippen molar-refractivity contribution in [2.45, 2.75) is 13.1 Å². The molecule has 2 heterocycles. The molecule has 0 atom stereocenters. The minimum Gasteiger partial charge on any atom is -0.379 e. The first-order valence-corrected chi connectivity index (χ1v) is 6.74. The van der Waals surface area contributed by atoms with Crippen LogP contribution in [0.25, 0.3) is 10.9 Å². The van der Waals surface area contributed by atoms with Gasteiger partial charge in [0.1, 0.15) is 0 Å². The lowest BCUT2D eigenvalue weighted by molar-refractivity contribution is 0.0333. The van der Waals surface area contributed by atoms with E-state index >= 15 is 0 Å². The van der Waals surface area contributed by atoms with E-state index in [9.17, 15) is 0 Å². The number of nitrogens with one attached hydrogen (secondary N) is 1. The van der Waals surface area contributed by atoms with Crippen LogP contribution in [-0.2, 0) is 17.8 Å². The van der Waals surface area contributed by atoms with E-state index in [4.69, 9.17) is 10.1 Å². The van der Waals surface area contributed by atoms with E-state index in [1.165, 1.54) is 22.8 Å². The molecule has 1 N–H and O–H groups in total. The minimum absolute atomic E-state index is 0.646. The van der Waals surface area contributed by atoms with Gasteiger partial charge < -0.3 is 14.7 Å². The molecule has 0 radical (unpaired) electrons. The van der Waals surface area contributed by atoms with Crippen molar-refractivity contribution < 1.29 is 4.74 Å². The van der Waals surface area contributed by atoms with E-state index in [1.807, 2.05) is 0 Å². The molecule has 1 aliphatic heterocycles. The first-order chi connectivity index (χ1) is 9.38. The molecular formula is C15H19N3O. The number of hydrogen-bond acceptors (Lipinski definition) is 3. The van der Waals surface area contributed by atoms with E-state index < -0.39 is 0 Å². The van der Waals surface area contributed by atoms with Gasteiger partial charge in [0, 0.05) is 37.1 Å². The predicted octanol–water partition coefficient (Wildman–Crippen LogP) is 2.12. The Morgan fingerprint density at radius 1 is 1.21 bits per heavy atom. The summed E-state index contributed by atoms with van der Waals surface area (Å²) in [7, 11) is 0. The summed E-state index contributed by atoms with van der Waals surface area (Å²) in [6.07, 6.45) is 1.47. The quantitative estimate of drug-likeness (QED) is 0.852. The van der Waals surface area contributed by atoms with Gasteiger partial charge in [-0.1, -0.05) is 18.2 Å². The Balaban J connectivity index is 1.92. The highest BCUT2D eigenvalue weighted by Gasteiger charge is 2.14. The summed E-state index contributed by atoms with van der Waals surface area (Å²) < 4.78 is 7.62. The number of benzene rings is 1. The fourth-order valence-electron chi connectivity index (χ4n) is 2.69. The third-order valence-corrected chi connectivity index (χ3v) is 3.66. The number of nitrogens with zero attached hydrogens (tertiary/aromatic N) is 2. The zero-order valence-electron chi connectivity index (χ0n) is 11.0. The summed E-state index contributed by atoms with van der Waals surface area (Å²) in [6.45, 7) is 5.22. The molecule has 0 spiro atoms. The van der Waals surface area contributed by atoms with Crippen molar-refractivity contribution in [2.24, 2.45) is 0 Å². The monoisotopic (exact) mass is 257 g/mol. The van der Waals surface area contributed by atoms with E-state index in [0.717, 1.165) is 32.8 Å². The summed E-state index contributed by atoms with van der Waals surface area (Å²) in [5.41, 5.74) is 2.50. The van der Waals surface area contributed by atoms with Gasteiger partial charge in [0.05, 0.1) is 19.8 Å². The van der Waals surface area contributed by atoms with E-state index in [0.29, 0.717) is 6.54 Å². The molecule has 1 aromatic carbocycles. The van der Waals surface area contributed by atoms with Gasteiger partial charge >= 0.3 is 0 Å². The topological polar surface area (TPSA) is 41.2 Å². The average Bonchev–Trinajstić information content (AvgIpc) is 2.79. The van der Waals surface area contributed by atoms with Crippen molar-refractivity contribution in [2.75, 3.05) is 26.3 Å². The van der Waals surface area contributed by atoms with Crippen molar-refractivity contribution >= 4 is 17.1 Å². The van der Waals surface area contributed by atoms with Gasteiger partial charge in [0.2, 0.25) is 0 Å². The van der Waals surface area contributed by atoms with E-state index in [2.05, 4.69) is 39.8 Å². The van der Waals surface area contributed by atoms with Crippen LogP contribution >= 0.6 is 0 Å². The van der Waals surface area contributed by atoms with Gasteiger partial charge in [0.15, 0.2) is 0 Å². The molecule has 19 heavy (non-hydrogen) atoms. The van der Waals surface area contributed by atoms with Gasteiger partial charge in [-0.05, 0) is 17.5 Å². The molecule has 1 aliphatic rings. The average molecular weight is 257 g/mol. The molecule has 1 saturated heterocycles. The first kappa shape index (κ1) is 12.4. The largest absolute Gasteiger partial charge is 0.379 e. The minimum atomic E-state index is 0.646. The molecule has 2 aromatic rings. The van der Waals surface area contributed by atoms with Crippen LogP contribution in [0.4, 0.5) is 0 Å². The smallest absolute Gasteiger partial charge is 0.0594 e. The summed E-state index contributed by atoms with van der Waals surface area (Å²) >= 11 is 0. The summed E-state index contributed by atoms with van der Waals surface area (Å²) in [4.78, 5) is 2.41. The van der Waals surface area contributed by atoms with Crippen LogP contribution in [0.2, 0.25) is 0 Å². The third-order valence-electron chi connectivity index (χ3n) is 3.66. The maximum absolute atomic E-state index is 7.39. The number of aromatic nitrogens is 1. The SMILES string of the molecule is N=CCn1c(CN2CCOCC2)cc2ccccc21. The maximum Gasteiger partial charge on any atom is 0.0594 e. The van der Waals surface area contributed by atoms with Gasteiger partial charge in [-0.25, -0.2) is 0 Å². The summed E-state index contributed by atoms with van der Waals surface area (Å²) in [5, 5.41) is 8.65. The lowest BCUT2D eigenvalue weighted by Gasteiger charge is -2.26. The summed E-state index contributed by atoms with van der Waals surface area (Å²) in [5.74, 6) is 0. The van der Waals surface area contributed by atoms with Crippen molar-refractivity contribution in [3.63, 3.8) is 0 Å². The van der Waals surface area contributed by atoms with Gasteiger partial charge in [-0.15, -0.1) is 0 Å². The number of para-hydroxylation sites is 1. The Hall–Kier alpha value is -1.65. The highest BCUT2D eigenvalue weighted by molar-refractivity contribution is 5.82. The number of morpholine rings is 1. The normalized spacial score (nSPS) is 16.8. The Kier molecular flexibility index (Phi) is 3.62.